The molecule has 1 aromatic heterocycles. The molecule has 0 aliphatic carbocycles. The first-order valence-electron chi connectivity index (χ1n) is 5.15. The molecule has 1 amide bonds. The fourth-order valence-corrected chi connectivity index (χ4v) is 1.59. The number of ether oxygens (including phenoxy) is 1. The Hall–Kier alpha value is -1.96. The number of carboxylic acids is 1. The van der Waals surface area contributed by atoms with Crippen LogP contribution in [-0.2, 0) is 14.3 Å². The van der Waals surface area contributed by atoms with Crippen molar-refractivity contribution in [1.82, 2.24) is 10.3 Å². The Kier molecular flexibility index (Phi) is 5.43. The van der Waals surface area contributed by atoms with Gasteiger partial charge in [-0.25, -0.2) is 4.79 Å². The van der Waals surface area contributed by atoms with E-state index in [2.05, 4.69) is 31.0 Å². The average Bonchev–Trinajstić information content (AvgIpc) is 2.37. The van der Waals surface area contributed by atoms with E-state index in [0.29, 0.717) is 4.47 Å². The largest absolute Gasteiger partial charge is 0.480 e. The third-order valence-electron chi connectivity index (χ3n) is 2.17. The lowest BCUT2D eigenvalue weighted by molar-refractivity contribution is -0.147. The molecule has 1 heterocycles. The summed E-state index contributed by atoms with van der Waals surface area (Å²) in [7, 11) is 1.14. The summed E-state index contributed by atoms with van der Waals surface area (Å²) in [5, 5.41) is 11.1. The fraction of sp³-hybridized carbons (Fsp3) is 0.273. The van der Waals surface area contributed by atoms with Crippen LogP contribution in [0.15, 0.2) is 22.9 Å². The van der Waals surface area contributed by atoms with Gasteiger partial charge in [-0.3, -0.25) is 14.6 Å². The number of amides is 1. The number of rotatable bonds is 5. The monoisotopic (exact) mass is 330 g/mol. The van der Waals surface area contributed by atoms with Gasteiger partial charge in [0.15, 0.2) is 0 Å². The van der Waals surface area contributed by atoms with Gasteiger partial charge in [-0.15, -0.1) is 0 Å². The van der Waals surface area contributed by atoms with Crippen molar-refractivity contribution in [2.45, 2.75) is 12.5 Å². The Morgan fingerprint density at radius 2 is 2.16 bits per heavy atom. The zero-order valence-electron chi connectivity index (χ0n) is 9.92. The van der Waals surface area contributed by atoms with Crippen LogP contribution in [0.3, 0.4) is 0 Å². The molecule has 0 radical (unpaired) electrons. The molecule has 1 atom stereocenters. The van der Waals surface area contributed by atoms with Crippen LogP contribution < -0.4 is 5.32 Å². The summed E-state index contributed by atoms with van der Waals surface area (Å²) in [5.74, 6) is -2.67. The maximum absolute atomic E-state index is 11.8. The van der Waals surface area contributed by atoms with Gasteiger partial charge in [-0.05, 0) is 22.0 Å². The molecule has 7 nitrogen and oxygen atoms in total. The van der Waals surface area contributed by atoms with Gasteiger partial charge in [-0.1, -0.05) is 0 Å². The van der Waals surface area contributed by atoms with E-state index in [1.165, 1.54) is 18.5 Å². The molecular formula is C11H11BrN2O5. The molecule has 0 aliphatic rings. The summed E-state index contributed by atoms with van der Waals surface area (Å²) in [6.07, 6.45) is 2.33. The molecule has 0 aliphatic heterocycles. The highest BCUT2D eigenvalue weighted by Gasteiger charge is 2.24. The van der Waals surface area contributed by atoms with Crippen LogP contribution in [0.4, 0.5) is 0 Å². The van der Waals surface area contributed by atoms with Gasteiger partial charge in [0.2, 0.25) is 0 Å². The zero-order valence-corrected chi connectivity index (χ0v) is 11.5. The number of hydrogen-bond acceptors (Lipinski definition) is 5. The highest BCUT2D eigenvalue weighted by molar-refractivity contribution is 9.10. The van der Waals surface area contributed by atoms with Crippen LogP contribution in [0.2, 0.25) is 0 Å². The SMILES string of the molecule is COC(=O)C[C@H](NC(=O)c1cncc(Br)c1)C(=O)O. The summed E-state index contributed by atoms with van der Waals surface area (Å²) in [4.78, 5) is 37.6. The van der Waals surface area contributed by atoms with E-state index < -0.39 is 30.3 Å². The summed E-state index contributed by atoms with van der Waals surface area (Å²) in [5.41, 5.74) is 0.186. The van der Waals surface area contributed by atoms with Crippen LogP contribution in [0.1, 0.15) is 16.8 Å². The van der Waals surface area contributed by atoms with Crippen LogP contribution in [0, 0.1) is 0 Å². The minimum Gasteiger partial charge on any atom is -0.480 e. The third-order valence-corrected chi connectivity index (χ3v) is 2.60. The van der Waals surface area contributed by atoms with Crippen molar-refractivity contribution < 1.29 is 24.2 Å². The number of halogens is 1. The topological polar surface area (TPSA) is 106 Å². The summed E-state index contributed by atoms with van der Waals surface area (Å²) in [6, 6.07) is 0.137. The van der Waals surface area contributed by atoms with E-state index in [1.807, 2.05) is 0 Å². The molecule has 0 saturated heterocycles. The predicted molar refractivity (Wildman–Crippen MR) is 67.5 cm³/mol. The lowest BCUT2D eigenvalue weighted by Crippen LogP contribution is -2.42. The molecule has 102 valence electrons. The number of aliphatic carboxylic acids is 1. The average molecular weight is 331 g/mol. The van der Waals surface area contributed by atoms with Crippen molar-refractivity contribution in [1.29, 1.82) is 0 Å². The first kappa shape index (κ1) is 15.1. The van der Waals surface area contributed by atoms with Crippen LogP contribution in [0.25, 0.3) is 0 Å². The van der Waals surface area contributed by atoms with Crippen LogP contribution in [-0.4, -0.2) is 41.1 Å². The van der Waals surface area contributed by atoms with Gasteiger partial charge in [0, 0.05) is 16.9 Å². The summed E-state index contributed by atoms with van der Waals surface area (Å²) >= 11 is 3.14. The number of esters is 1. The van der Waals surface area contributed by atoms with E-state index in [1.54, 1.807) is 0 Å². The van der Waals surface area contributed by atoms with Gasteiger partial charge < -0.3 is 15.2 Å². The number of pyridine rings is 1. The second-order valence-electron chi connectivity index (χ2n) is 3.54. The molecule has 0 unspecified atom stereocenters. The molecule has 0 saturated carbocycles. The molecular weight excluding hydrogens is 320 g/mol. The highest BCUT2D eigenvalue weighted by Crippen LogP contribution is 2.09. The fourth-order valence-electron chi connectivity index (χ4n) is 1.23. The Bertz CT molecular complexity index is 506. The second kappa shape index (κ2) is 6.83. The summed E-state index contributed by atoms with van der Waals surface area (Å²) < 4.78 is 4.95. The Balaban J connectivity index is 2.77. The molecule has 0 bridgehead atoms. The normalized spacial score (nSPS) is 11.5. The van der Waals surface area contributed by atoms with Crippen molar-refractivity contribution in [3.05, 3.63) is 28.5 Å². The first-order valence-corrected chi connectivity index (χ1v) is 5.94. The minimum absolute atomic E-state index is 0.186. The van der Waals surface area contributed by atoms with Gasteiger partial charge in [0.25, 0.3) is 5.91 Å². The van der Waals surface area contributed by atoms with Crippen molar-refractivity contribution in [3.63, 3.8) is 0 Å². The number of carboxylic acid groups (broad SMARTS) is 1. The molecule has 2 N–H and O–H groups in total. The number of carbonyl (C=O) groups excluding carboxylic acids is 2. The number of carbonyl (C=O) groups is 3. The molecule has 1 aromatic rings. The lowest BCUT2D eigenvalue weighted by atomic mass is 10.2. The third kappa shape index (κ3) is 4.66. The van der Waals surface area contributed by atoms with Gasteiger partial charge >= 0.3 is 11.9 Å². The molecule has 8 heteroatoms. The van der Waals surface area contributed by atoms with E-state index >= 15 is 0 Å². The van der Waals surface area contributed by atoms with Gasteiger partial charge in [-0.2, -0.15) is 0 Å². The Labute approximate surface area is 117 Å². The quantitative estimate of drug-likeness (QED) is 0.765. The number of nitrogens with zero attached hydrogens (tertiary/aromatic N) is 1. The van der Waals surface area contributed by atoms with E-state index in [4.69, 9.17) is 5.11 Å². The van der Waals surface area contributed by atoms with Crippen molar-refractivity contribution in [2.75, 3.05) is 7.11 Å². The molecule has 0 fully saturated rings. The number of methoxy groups -OCH3 is 1. The van der Waals surface area contributed by atoms with E-state index in [-0.39, 0.29) is 5.56 Å². The second-order valence-corrected chi connectivity index (χ2v) is 4.45. The van der Waals surface area contributed by atoms with E-state index in [9.17, 15) is 14.4 Å². The minimum atomic E-state index is -1.35. The number of hydrogen-bond donors (Lipinski definition) is 2. The standard InChI is InChI=1S/C11H11BrN2O5/c1-19-9(15)3-8(11(17)18)14-10(16)6-2-7(12)5-13-4-6/h2,4-5,8H,3H2,1H3,(H,14,16)(H,17,18)/t8-/m0/s1. The number of nitrogens with one attached hydrogen (secondary N) is 1. The van der Waals surface area contributed by atoms with Crippen molar-refractivity contribution in [2.24, 2.45) is 0 Å². The Morgan fingerprint density at radius 3 is 2.68 bits per heavy atom. The maximum atomic E-state index is 11.8. The van der Waals surface area contributed by atoms with Crippen molar-refractivity contribution >= 4 is 33.8 Å². The zero-order chi connectivity index (χ0) is 14.4. The summed E-state index contributed by atoms with van der Waals surface area (Å²) in [6.45, 7) is 0. The smallest absolute Gasteiger partial charge is 0.326 e. The molecule has 0 aromatic carbocycles. The Morgan fingerprint density at radius 1 is 1.47 bits per heavy atom. The van der Waals surface area contributed by atoms with Gasteiger partial charge in [0.05, 0.1) is 19.1 Å². The first-order chi connectivity index (χ1) is 8.93. The molecule has 0 spiro atoms. The highest BCUT2D eigenvalue weighted by atomic mass is 79.9. The molecule has 1 rings (SSSR count). The van der Waals surface area contributed by atoms with Crippen LogP contribution in [0.5, 0.6) is 0 Å². The lowest BCUT2D eigenvalue weighted by Gasteiger charge is -2.13. The molecule has 19 heavy (non-hydrogen) atoms. The number of aromatic nitrogens is 1. The maximum Gasteiger partial charge on any atom is 0.326 e. The van der Waals surface area contributed by atoms with Gasteiger partial charge in [0.1, 0.15) is 6.04 Å². The van der Waals surface area contributed by atoms with Crippen molar-refractivity contribution in [3.8, 4) is 0 Å². The predicted octanol–water partition coefficient (Wildman–Crippen LogP) is 0.590. The van der Waals surface area contributed by atoms with E-state index in [0.717, 1.165) is 7.11 Å². The van der Waals surface area contributed by atoms with Crippen LogP contribution >= 0.6 is 15.9 Å².